The predicted molar refractivity (Wildman–Crippen MR) is 135 cm³/mol. The number of aromatic amines is 1. The number of aromatic nitrogens is 1. The molecule has 0 bridgehead atoms. The number of H-pyrrole nitrogens is 1. The summed E-state index contributed by atoms with van der Waals surface area (Å²) in [5, 5.41) is 4.31. The minimum absolute atomic E-state index is 0.0808. The molecular weight excluding hydrogens is 422 g/mol. The number of carbonyl (C=O) groups excluding carboxylic acids is 2. The Bertz CT molecular complexity index is 1230. The van der Waals surface area contributed by atoms with Gasteiger partial charge in [-0.2, -0.15) is 0 Å². The van der Waals surface area contributed by atoms with Crippen LogP contribution in [0.25, 0.3) is 10.9 Å². The molecule has 5 nitrogen and oxygen atoms in total. The Morgan fingerprint density at radius 1 is 0.882 bits per heavy atom. The van der Waals surface area contributed by atoms with Gasteiger partial charge in [0.25, 0.3) is 5.91 Å². The Kier molecular flexibility index (Phi) is 6.43. The van der Waals surface area contributed by atoms with Crippen LogP contribution in [0, 0.1) is 0 Å². The Morgan fingerprint density at radius 3 is 2.24 bits per heavy atom. The molecule has 1 saturated heterocycles. The van der Waals surface area contributed by atoms with Crippen LogP contribution in [-0.4, -0.2) is 34.8 Å². The average molecular weight is 452 g/mol. The number of rotatable bonds is 6. The Morgan fingerprint density at radius 2 is 1.53 bits per heavy atom. The van der Waals surface area contributed by atoms with Crippen molar-refractivity contribution in [1.82, 2.24) is 15.2 Å². The zero-order valence-corrected chi connectivity index (χ0v) is 19.1. The second-order valence-electron chi connectivity index (χ2n) is 8.97. The lowest BCUT2D eigenvalue weighted by molar-refractivity contribution is -0.132. The lowest BCUT2D eigenvalue weighted by atomic mass is 9.93. The third-order valence-electron chi connectivity index (χ3n) is 6.76. The van der Waals surface area contributed by atoms with Crippen LogP contribution >= 0.6 is 0 Å². The van der Waals surface area contributed by atoms with Crippen molar-refractivity contribution in [3.05, 3.63) is 108 Å². The molecule has 3 aromatic carbocycles. The standard InChI is InChI=1S/C29H29N3O2/c33-28(32-17-15-22(16-18-32)26-19-24-13-7-8-14-25(24)30-26)20-27(21-9-3-1-4-10-21)31-29(34)23-11-5-2-6-12-23/h1-14,19,22,27,30H,15-18,20H2,(H,31,34). The molecule has 1 fully saturated rings. The average Bonchev–Trinajstić information content (AvgIpc) is 3.34. The number of nitrogens with one attached hydrogen (secondary N) is 2. The third-order valence-corrected chi connectivity index (χ3v) is 6.76. The molecule has 2 heterocycles. The second-order valence-corrected chi connectivity index (χ2v) is 8.97. The van der Waals surface area contributed by atoms with Gasteiger partial charge in [-0.15, -0.1) is 0 Å². The van der Waals surface area contributed by atoms with Crippen molar-refractivity contribution in [2.45, 2.75) is 31.2 Å². The molecule has 172 valence electrons. The Hall–Kier alpha value is -3.86. The smallest absolute Gasteiger partial charge is 0.251 e. The summed E-state index contributed by atoms with van der Waals surface area (Å²) in [5.74, 6) is 0.344. The molecular formula is C29H29N3O2. The molecule has 4 aromatic rings. The van der Waals surface area contributed by atoms with Crippen molar-refractivity contribution >= 4 is 22.7 Å². The van der Waals surface area contributed by atoms with Gasteiger partial charge in [0.05, 0.1) is 12.5 Å². The summed E-state index contributed by atoms with van der Waals surface area (Å²) in [7, 11) is 0. The van der Waals surface area contributed by atoms with Gasteiger partial charge in [-0.25, -0.2) is 0 Å². The maximum absolute atomic E-state index is 13.3. The highest BCUT2D eigenvalue weighted by Gasteiger charge is 2.27. The number of para-hydroxylation sites is 1. The van der Waals surface area contributed by atoms with Gasteiger partial charge in [-0.05, 0) is 48.1 Å². The molecule has 1 unspecified atom stereocenters. The number of piperidine rings is 1. The number of likely N-dealkylation sites (tertiary alicyclic amines) is 1. The van der Waals surface area contributed by atoms with Crippen molar-refractivity contribution in [2.24, 2.45) is 0 Å². The van der Waals surface area contributed by atoms with Crippen LogP contribution < -0.4 is 5.32 Å². The number of amides is 2. The SMILES string of the molecule is O=C(NC(CC(=O)N1CCC(c2cc3ccccc3[nH]2)CC1)c1ccccc1)c1ccccc1. The van der Waals surface area contributed by atoms with Gasteiger partial charge < -0.3 is 15.2 Å². The van der Waals surface area contributed by atoms with E-state index in [1.54, 1.807) is 12.1 Å². The van der Waals surface area contributed by atoms with Crippen molar-refractivity contribution in [1.29, 1.82) is 0 Å². The highest BCUT2D eigenvalue weighted by molar-refractivity contribution is 5.94. The molecule has 1 aliphatic heterocycles. The first kappa shape index (κ1) is 22.0. The van der Waals surface area contributed by atoms with Crippen LogP contribution in [0.3, 0.4) is 0 Å². The summed E-state index contributed by atoms with van der Waals surface area (Å²) in [6.07, 6.45) is 2.12. The topological polar surface area (TPSA) is 65.2 Å². The molecule has 5 heteroatoms. The van der Waals surface area contributed by atoms with Crippen LogP contribution in [-0.2, 0) is 4.79 Å². The molecule has 0 saturated carbocycles. The van der Waals surface area contributed by atoms with E-state index >= 15 is 0 Å². The van der Waals surface area contributed by atoms with Gasteiger partial charge in [-0.3, -0.25) is 9.59 Å². The number of hydrogen-bond acceptors (Lipinski definition) is 2. The van der Waals surface area contributed by atoms with Crippen LogP contribution in [0.15, 0.2) is 91.0 Å². The lowest BCUT2D eigenvalue weighted by Crippen LogP contribution is -2.40. The van der Waals surface area contributed by atoms with Crippen molar-refractivity contribution in [3.8, 4) is 0 Å². The normalized spacial score (nSPS) is 15.2. The van der Waals surface area contributed by atoms with Gasteiger partial charge in [0, 0.05) is 35.8 Å². The molecule has 0 radical (unpaired) electrons. The van der Waals surface area contributed by atoms with Crippen molar-refractivity contribution in [3.63, 3.8) is 0 Å². The van der Waals surface area contributed by atoms with Crippen molar-refractivity contribution < 1.29 is 9.59 Å². The van der Waals surface area contributed by atoms with Gasteiger partial charge in [0.15, 0.2) is 0 Å². The summed E-state index contributed by atoms with van der Waals surface area (Å²) in [6, 6.07) is 29.1. The lowest BCUT2D eigenvalue weighted by Gasteiger charge is -2.33. The fraction of sp³-hybridized carbons (Fsp3) is 0.241. The van der Waals surface area contributed by atoms with E-state index in [4.69, 9.17) is 0 Å². The van der Waals surface area contributed by atoms with E-state index in [1.165, 1.54) is 11.1 Å². The van der Waals surface area contributed by atoms with E-state index in [-0.39, 0.29) is 24.3 Å². The van der Waals surface area contributed by atoms with Gasteiger partial charge in [-0.1, -0.05) is 66.7 Å². The molecule has 2 amide bonds. The molecule has 1 aromatic heterocycles. The maximum atomic E-state index is 13.3. The molecule has 0 aliphatic carbocycles. The molecule has 34 heavy (non-hydrogen) atoms. The minimum Gasteiger partial charge on any atom is -0.358 e. The molecule has 1 aliphatic rings. The van der Waals surface area contributed by atoms with Crippen LogP contribution in [0.1, 0.15) is 52.8 Å². The maximum Gasteiger partial charge on any atom is 0.251 e. The molecule has 2 N–H and O–H groups in total. The van der Waals surface area contributed by atoms with Gasteiger partial charge in [0.1, 0.15) is 0 Å². The number of carbonyl (C=O) groups is 2. The number of hydrogen-bond donors (Lipinski definition) is 2. The summed E-state index contributed by atoms with van der Waals surface area (Å²) in [6.45, 7) is 1.46. The number of fused-ring (bicyclic) bond motifs is 1. The van der Waals surface area contributed by atoms with E-state index in [9.17, 15) is 9.59 Å². The predicted octanol–water partition coefficient (Wildman–Crippen LogP) is 5.44. The van der Waals surface area contributed by atoms with Crippen molar-refractivity contribution in [2.75, 3.05) is 13.1 Å². The first-order valence-electron chi connectivity index (χ1n) is 11.9. The van der Waals surface area contributed by atoms with Crippen LogP contribution in [0.5, 0.6) is 0 Å². The highest BCUT2D eigenvalue weighted by atomic mass is 16.2. The Balaban J connectivity index is 1.24. The fourth-order valence-electron chi connectivity index (χ4n) is 4.83. The summed E-state index contributed by atoms with van der Waals surface area (Å²) in [4.78, 5) is 31.6. The van der Waals surface area contributed by atoms with Crippen LogP contribution in [0.2, 0.25) is 0 Å². The number of benzene rings is 3. The van der Waals surface area contributed by atoms with E-state index in [0.29, 0.717) is 11.5 Å². The van der Waals surface area contributed by atoms with Gasteiger partial charge in [0.2, 0.25) is 5.91 Å². The summed E-state index contributed by atoms with van der Waals surface area (Å²) < 4.78 is 0. The zero-order valence-electron chi connectivity index (χ0n) is 19.1. The molecule has 0 spiro atoms. The first-order chi connectivity index (χ1) is 16.7. The zero-order chi connectivity index (χ0) is 23.3. The number of nitrogens with zero attached hydrogens (tertiary/aromatic N) is 1. The monoisotopic (exact) mass is 451 g/mol. The minimum atomic E-state index is -0.368. The largest absolute Gasteiger partial charge is 0.358 e. The van der Waals surface area contributed by atoms with E-state index < -0.39 is 0 Å². The van der Waals surface area contributed by atoms with Gasteiger partial charge >= 0.3 is 0 Å². The molecule has 1 atom stereocenters. The van der Waals surface area contributed by atoms with E-state index in [2.05, 4.69) is 34.6 Å². The quantitative estimate of drug-likeness (QED) is 0.410. The van der Waals surface area contributed by atoms with E-state index in [1.807, 2.05) is 59.5 Å². The molecule has 5 rings (SSSR count). The third kappa shape index (κ3) is 4.88. The highest BCUT2D eigenvalue weighted by Crippen LogP contribution is 2.30. The van der Waals surface area contributed by atoms with Crippen LogP contribution in [0.4, 0.5) is 0 Å². The van der Waals surface area contributed by atoms with E-state index in [0.717, 1.165) is 37.0 Å². The second kappa shape index (κ2) is 9.96. The summed E-state index contributed by atoms with van der Waals surface area (Å²) in [5.41, 5.74) is 3.95. The Labute approximate surface area is 199 Å². The summed E-state index contributed by atoms with van der Waals surface area (Å²) >= 11 is 0. The fourth-order valence-corrected chi connectivity index (χ4v) is 4.83. The first-order valence-corrected chi connectivity index (χ1v) is 11.9.